The van der Waals surface area contributed by atoms with Crippen molar-refractivity contribution in [1.29, 1.82) is 0 Å². The first-order valence-corrected chi connectivity index (χ1v) is 9.59. The molecule has 4 rings (SSSR count). The van der Waals surface area contributed by atoms with Crippen molar-refractivity contribution in [2.45, 2.75) is 38.6 Å². The molecule has 140 valence electrons. The number of aryl methyl sites for hydroxylation is 2. The maximum absolute atomic E-state index is 13.7. The molecule has 0 amide bonds. The number of benzene rings is 2. The van der Waals surface area contributed by atoms with E-state index in [0.29, 0.717) is 28.9 Å². The van der Waals surface area contributed by atoms with Gasteiger partial charge in [-0.25, -0.2) is 4.39 Å². The van der Waals surface area contributed by atoms with Crippen molar-refractivity contribution in [2.24, 2.45) is 0 Å². The van der Waals surface area contributed by atoms with Crippen LogP contribution in [-0.2, 0) is 6.42 Å². The zero-order valence-electron chi connectivity index (χ0n) is 15.6. The smallest absolute Gasteiger partial charge is 0.227 e. The van der Waals surface area contributed by atoms with Gasteiger partial charge in [0.2, 0.25) is 11.7 Å². The number of likely N-dealkylation sites (tertiary alicyclic amines) is 1. The lowest BCUT2D eigenvalue weighted by atomic mass is 10.0. The summed E-state index contributed by atoms with van der Waals surface area (Å²) in [5, 5.41) is 4.00. The fourth-order valence-corrected chi connectivity index (χ4v) is 3.79. The van der Waals surface area contributed by atoms with Crippen molar-refractivity contribution in [3.8, 4) is 11.4 Å². The average molecular weight is 365 g/mol. The molecule has 27 heavy (non-hydrogen) atoms. The molecule has 4 nitrogen and oxygen atoms in total. The first kappa shape index (κ1) is 17.9. The van der Waals surface area contributed by atoms with Gasteiger partial charge in [-0.05, 0) is 56.5 Å². The van der Waals surface area contributed by atoms with Crippen molar-refractivity contribution in [3.63, 3.8) is 0 Å². The molecule has 1 saturated heterocycles. The van der Waals surface area contributed by atoms with Crippen LogP contribution in [0.25, 0.3) is 11.4 Å². The Morgan fingerprint density at radius 1 is 1.19 bits per heavy atom. The Morgan fingerprint density at radius 3 is 2.85 bits per heavy atom. The van der Waals surface area contributed by atoms with Crippen LogP contribution in [0.5, 0.6) is 0 Å². The van der Waals surface area contributed by atoms with Crippen molar-refractivity contribution in [3.05, 3.63) is 71.4 Å². The summed E-state index contributed by atoms with van der Waals surface area (Å²) >= 11 is 0. The summed E-state index contributed by atoms with van der Waals surface area (Å²) < 4.78 is 19.1. The van der Waals surface area contributed by atoms with Gasteiger partial charge in [-0.2, -0.15) is 4.98 Å². The Bertz CT molecular complexity index is 894. The lowest BCUT2D eigenvalue weighted by molar-refractivity contribution is 0.249. The van der Waals surface area contributed by atoms with Gasteiger partial charge in [-0.15, -0.1) is 0 Å². The Balaban J connectivity index is 1.34. The van der Waals surface area contributed by atoms with Crippen LogP contribution < -0.4 is 0 Å². The molecule has 0 saturated carbocycles. The molecule has 3 aromatic rings. The van der Waals surface area contributed by atoms with E-state index in [2.05, 4.69) is 45.4 Å². The summed E-state index contributed by atoms with van der Waals surface area (Å²) in [6.45, 7) is 3.88. The monoisotopic (exact) mass is 365 g/mol. The van der Waals surface area contributed by atoms with Crippen LogP contribution in [0, 0.1) is 12.7 Å². The van der Waals surface area contributed by atoms with Crippen molar-refractivity contribution < 1.29 is 8.91 Å². The Kier molecular flexibility index (Phi) is 5.30. The third kappa shape index (κ3) is 4.08. The van der Waals surface area contributed by atoms with Crippen LogP contribution >= 0.6 is 0 Å². The van der Waals surface area contributed by atoms with Gasteiger partial charge < -0.3 is 4.52 Å². The number of hydrogen-bond acceptors (Lipinski definition) is 4. The molecule has 1 aromatic heterocycles. The highest BCUT2D eigenvalue weighted by Gasteiger charge is 2.25. The van der Waals surface area contributed by atoms with Gasteiger partial charge in [0.1, 0.15) is 5.82 Å². The van der Waals surface area contributed by atoms with Gasteiger partial charge in [-0.1, -0.05) is 47.6 Å². The van der Waals surface area contributed by atoms with Crippen LogP contribution in [0.15, 0.2) is 53.1 Å². The number of rotatable bonds is 6. The van der Waals surface area contributed by atoms with Crippen LogP contribution in [0.4, 0.5) is 4.39 Å². The standard InChI is InChI=1S/C22H24FN3O/c1-16-11-12-18(15-19(16)23)22-24-21(27-25-22)10-6-14-26-13-5-9-20(26)17-7-3-2-4-8-17/h2-4,7-8,11-12,15,20H,5-6,9-10,13-14H2,1H3. The molecule has 1 aliphatic heterocycles. The Hall–Kier alpha value is -2.53. The van der Waals surface area contributed by atoms with Crippen molar-refractivity contribution in [1.82, 2.24) is 15.0 Å². The third-order valence-electron chi connectivity index (χ3n) is 5.28. The van der Waals surface area contributed by atoms with E-state index in [0.717, 1.165) is 25.9 Å². The van der Waals surface area contributed by atoms with E-state index in [-0.39, 0.29) is 5.82 Å². The predicted octanol–water partition coefficient (Wildman–Crippen LogP) is 4.95. The normalized spacial score (nSPS) is 17.5. The summed E-state index contributed by atoms with van der Waals surface area (Å²) in [5.74, 6) is 0.813. The van der Waals surface area contributed by atoms with E-state index in [9.17, 15) is 4.39 Å². The number of halogens is 1. The second-order valence-corrected chi connectivity index (χ2v) is 7.18. The summed E-state index contributed by atoms with van der Waals surface area (Å²) in [7, 11) is 0. The fourth-order valence-electron chi connectivity index (χ4n) is 3.79. The molecule has 0 aliphatic carbocycles. The summed E-state index contributed by atoms with van der Waals surface area (Å²) in [6, 6.07) is 16.2. The highest BCUT2D eigenvalue weighted by Crippen LogP contribution is 2.31. The van der Waals surface area contributed by atoms with Gasteiger partial charge in [0, 0.05) is 18.0 Å². The molecule has 1 unspecified atom stereocenters. The van der Waals surface area contributed by atoms with Crippen LogP contribution in [0.2, 0.25) is 0 Å². The van der Waals surface area contributed by atoms with Crippen molar-refractivity contribution in [2.75, 3.05) is 13.1 Å². The van der Waals surface area contributed by atoms with Crippen LogP contribution in [0.3, 0.4) is 0 Å². The number of hydrogen-bond donors (Lipinski definition) is 0. The SMILES string of the molecule is Cc1ccc(-c2noc(CCCN3CCCC3c3ccccc3)n2)cc1F. The minimum Gasteiger partial charge on any atom is -0.339 e. The van der Waals surface area contributed by atoms with Crippen molar-refractivity contribution >= 4 is 0 Å². The zero-order chi connectivity index (χ0) is 18.6. The quantitative estimate of drug-likeness (QED) is 0.620. The van der Waals surface area contributed by atoms with E-state index >= 15 is 0 Å². The second kappa shape index (κ2) is 8.01. The molecule has 1 aliphatic rings. The molecular weight excluding hydrogens is 341 g/mol. The minimum atomic E-state index is -0.250. The van der Waals surface area contributed by atoms with E-state index < -0.39 is 0 Å². The van der Waals surface area contributed by atoms with Gasteiger partial charge in [0.05, 0.1) is 0 Å². The van der Waals surface area contributed by atoms with Gasteiger partial charge in [-0.3, -0.25) is 4.90 Å². The first-order valence-electron chi connectivity index (χ1n) is 9.59. The highest BCUT2D eigenvalue weighted by atomic mass is 19.1. The van der Waals surface area contributed by atoms with E-state index in [4.69, 9.17) is 4.52 Å². The molecular formula is C22H24FN3O. The lowest BCUT2D eigenvalue weighted by Gasteiger charge is -2.24. The summed E-state index contributed by atoms with van der Waals surface area (Å²) in [4.78, 5) is 6.97. The van der Waals surface area contributed by atoms with E-state index in [1.54, 1.807) is 13.0 Å². The first-order chi connectivity index (χ1) is 13.2. The van der Waals surface area contributed by atoms with Gasteiger partial charge in [0.25, 0.3) is 0 Å². The van der Waals surface area contributed by atoms with E-state index in [1.165, 1.54) is 24.5 Å². The largest absolute Gasteiger partial charge is 0.339 e. The molecule has 0 N–H and O–H groups in total. The topological polar surface area (TPSA) is 42.2 Å². The molecule has 0 spiro atoms. The van der Waals surface area contributed by atoms with Crippen LogP contribution in [-0.4, -0.2) is 28.1 Å². The molecule has 2 heterocycles. The average Bonchev–Trinajstić information content (AvgIpc) is 3.34. The molecule has 1 atom stereocenters. The van der Waals surface area contributed by atoms with Crippen LogP contribution in [0.1, 0.15) is 42.3 Å². The lowest BCUT2D eigenvalue weighted by Crippen LogP contribution is -2.24. The summed E-state index contributed by atoms with van der Waals surface area (Å²) in [6.07, 6.45) is 4.16. The summed E-state index contributed by atoms with van der Waals surface area (Å²) in [5.41, 5.74) is 2.66. The van der Waals surface area contributed by atoms with E-state index in [1.807, 2.05) is 6.07 Å². The fraction of sp³-hybridized carbons (Fsp3) is 0.364. The molecule has 0 bridgehead atoms. The maximum Gasteiger partial charge on any atom is 0.227 e. The zero-order valence-corrected chi connectivity index (χ0v) is 15.6. The third-order valence-corrected chi connectivity index (χ3v) is 5.28. The highest BCUT2D eigenvalue weighted by molar-refractivity contribution is 5.54. The maximum atomic E-state index is 13.7. The second-order valence-electron chi connectivity index (χ2n) is 7.18. The molecule has 1 fully saturated rings. The molecule has 2 aromatic carbocycles. The number of aromatic nitrogens is 2. The minimum absolute atomic E-state index is 0.250. The van der Waals surface area contributed by atoms with Gasteiger partial charge in [0.15, 0.2) is 0 Å². The predicted molar refractivity (Wildman–Crippen MR) is 103 cm³/mol. The van der Waals surface area contributed by atoms with Gasteiger partial charge >= 0.3 is 0 Å². The Morgan fingerprint density at radius 2 is 2.04 bits per heavy atom. The molecule has 5 heteroatoms. The Labute approximate surface area is 159 Å². The number of nitrogens with zero attached hydrogens (tertiary/aromatic N) is 3. The molecule has 0 radical (unpaired) electrons.